The molecule has 2 N–H and O–H groups in total. The minimum Gasteiger partial charge on any atom is -0.502 e. The summed E-state index contributed by atoms with van der Waals surface area (Å²) >= 11 is 0. The molecule has 1 rings (SSSR count). The number of aromatic hydroxyl groups is 1. The number of para-hydroxylation sites is 1. The second-order valence-electron chi connectivity index (χ2n) is 5.47. The highest BCUT2D eigenvalue weighted by atomic mass is 16.6. The van der Waals surface area contributed by atoms with E-state index in [0.717, 1.165) is 6.07 Å². The monoisotopic (exact) mass is 296 g/mol. The molecule has 1 aromatic rings. The number of amides is 1. The van der Waals surface area contributed by atoms with Crippen LogP contribution in [0.5, 0.6) is 5.75 Å². The summed E-state index contributed by atoms with van der Waals surface area (Å²) in [5, 5.41) is 23.2. The summed E-state index contributed by atoms with van der Waals surface area (Å²) in [6, 6.07) is 3.62. The van der Waals surface area contributed by atoms with E-state index < -0.39 is 27.9 Å². The van der Waals surface area contributed by atoms with E-state index in [1.54, 1.807) is 14.0 Å². The Morgan fingerprint density at radius 1 is 1.52 bits per heavy atom. The number of nitrogens with zero attached hydrogens (tertiary/aromatic N) is 1. The topological polar surface area (TPSA) is 102 Å². The van der Waals surface area contributed by atoms with Gasteiger partial charge in [-0.05, 0) is 33.3 Å². The molecule has 7 nitrogen and oxygen atoms in total. The number of phenolic OH excluding ortho intramolecular Hbond substituents is 1. The Bertz CT molecular complexity index is 542. The third kappa shape index (κ3) is 4.42. The third-order valence-corrected chi connectivity index (χ3v) is 3.18. The molecule has 0 saturated heterocycles. The van der Waals surface area contributed by atoms with Gasteiger partial charge in [-0.3, -0.25) is 14.9 Å². The van der Waals surface area contributed by atoms with Crippen LogP contribution < -0.4 is 5.32 Å². The maximum Gasteiger partial charge on any atom is 0.311 e. The first-order valence-electron chi connectivity index (χ1n) is 6.50. The Morgan fingerprint density at radius 2 is 2.14 bits per heavy atom. The molecule has 0 heterocycles. The van der Waals surface area contributed by atoms with Crippen LogP contribution in [-0.2, 0) is 4.74 Å². The lowest BCUT2D eigenvalue weighted by Crippen LogP contribution is -2.39. The lowest BCUT2D eigenvalue weighted by Gasteiger charge is -2.27. The van der Waals surface area contributed by atoms with Crippen molar-refractivity contribution in [3.8, 4) is 5.75 Å². The van der Waals surface area contributed by atoms with Crippen molar-refractivity contribution in [1.29, 1.82) is 0 Å². The molecular formula is C14H20N2O5. The number of benzene rings is 1. The van der Waals surface area contributed by atoms with E-state index in [-0.39, 0.29) is 11.6 Å². The first kappa shape index (κ1) is 16.9. The first-order chi connectivity index (χ1) is 9.68. The molecule has 21 heavy (non-hydrogen) atoms. The summed E-state index contributed by atoms with van der Waals surface area (Å²) in [6.45, 7) is 5.58. The average molecular weight is 296 g/mol. The van der Waals surface area contributed by atoms with Crippen molar-refractivity contribution in [1.82, 2.24) is 5.32 Å². The Morgan fingerprint density at radius 3 is 2.67 bits per heavy atom. The van der Waals surface area contributed by atoms with E-state index in [1.165, 1.54) is 12.1 Å². The van der Waals surface area contributed by atoms with E-state index in [1.807, 2.05) is 13.8 Å². The number of methoxy groups -OCH3 is 1. The molecule has 0 unspecified atom stereocenters. The standard InChI is InChI=1S/C14H20N2O5/c1-9(8-14(2,3)21-4)15-13(18)10-6-5-7-11(12(10)17)16(19)20/h5-7,9,17H,8H2,1-4H3,(H,15,18)/t9-/m1/s1. The predicted molar refractivity (Wildman–Crippen MR) is 77.4 cm³/mol. The molecule has 1 amide bonds. The second-order valence-corrected chi connectivity index (χ2v) is 5.47. The SMILES string of the molecule is COC(C)(C)C[C@@H](C)NC(=O)c1cccc([N+](=O)[O-])c1O. The van der Waals surface area contributed by atoms with Crippen molar-refractivity contribution in [2.45, 2.75) is 38.8 Å². The number of nitro groups is 1. The highest BCUT2D eigenvalue weighted by Crippen LogP contribution is 2.29. The molecule has 0 fully saturated rings. The molecule has 116 valence electrons. The van der Waals surface area contributed by atoms with Gasteiger partial charge >= 0.3 is 5.69 Å². The molecule has 1 atom stereocenters. The van der Waals surface area contributed by atoms with Crippen molar-refractivity contribution >= 4 is 11.6 Å². The molecule has 0 radical (unpaired) electrons. The number of rotatable bonds is 6. The number of nitrogens with one attached hydrogen (secondary N) is 1. The van der Waals surface area contributed by atoms with Crippen molar-refractivity contribution in [3.05, 3.63) is 33.9 Å². The molecule has 0 bridgehead atoms. The van der Waals surface area contributed by atoms with Crippen molar-refractivity contribution in [2.24, 2.45) is 0 Å². The van der Waals surface area contributed by atoms with Gasteiger partial charge in [-0.15, -0.1) is 0 Å². The highest BCUT2D eigenvalue weighted by Gasteiger charge is 2.24. The third-order valence-electron chi connectivity index (χ3n) is 3.18. The van der Waals surface area contributed by atoms with Crippen LogP contribution in [-0.4, -0.2) is 34.7 Å². The second kappa shape index (κ2) is 6.53. The fraction of sp³-hybridized carbons (Fsp3) is 0.500. The van der Waals surface area contributed by atoms with E-state index in [4.69, 9.17) is 4.74 Å². The number of ether oxygens (including phenoxy) is 1. The summed E-state index contributed by atoms with van der Waals surface area (Å²) in [5.74, 6) is -1.19. The van der Waals surface area contributed by atoms with Crippen LogP contribution in [0.2, 0.25) is 0 Å². The Labute approximate surface area is 123 Å². The molecule has 0 saturated carbocycles. The van der Waals surface area contributed by atoms with E-state index in [9.17, 15) is 20.0 Å². The van der Waals surface area contributed by atoms with Crippen LogP contribution in [0.1, 0.15) is 37.6 Å². The van der Waals surface area contributed by atoms with Gasteiger partial charge in [0.05, 0.1) is 16.1 Å². The fourth-order valence-corrected chi connectivity index (χ4v) is 2.04. The molecule has 0 aliphatic carbocycles. The smallest absolute Gasteiger partial charge is 0.311 e. The summed E-state index contributed by atoms with van der Waals surface area (Å²) in [6.07, 6.45) is 0.560. The van der Waals surface area contributed by atoms with Crippen LogP contribution in [0, 0.1) is 10.1 Å². The quantitative estimate of drug-likeness (QED) is 0.619. The number of carbonyl (C=O) groups is 1. The van der Waals surface area contributed by atoms with Gasteiger partial charge in [0, 0.05) is 19.2 Å². The summed E-state index contributed by atoms with van der Waals surface area (Å²) in [7, 11) is 1.58. The van der Waals surface area contributed by atoms with Crippen LogP contribution >= 0.6 is 0 Å². The lowest BCUT2D eigenvalue weighted by atomic mass is 9.99. The summed E-state index contributed by atoms with van der Waals surface area (Å²) in [5.41, 5.74) is -1.02. The molecule has 0 aromatic heterocycles. The van der Waals surface area contributed by atoms with Gasteiger partial charge < -0.3 is 15.2 Å². The molecular weight excluding hydrogens is 276 g/mol. The summed E-state index contributed by atoms with van der Waals surface area (Å²) in [4.78, 5) is 22.1. The normalized spacial score (nSPS) is 12.8. The van der Waals surface area contributed by atoms with Crippen LogP contribution in [0.15, 0.2) is 18.2 Å². The highest BCUT2D eigenvalue weighted by molar-refractivity contribution is 5.98. The van der Waals surface area contributed by atoms with Gasteiger partial charge in [0.2, 0.25) is 5.75 Å². The molecule has 7 heteroatoms. The fourth-order valence-electron chi connectivity index (χ4n) is 2.04. The van der Waals surface area contributed by atoms with Gasteiger partial charge in [0.15, 0.2) is 0 Å². The molecule has 0 aliphatic rings. The number of hydrogen-bond acceptors (Lipinski definition) is 5. The zero-order valence-electron chi connectivity index (χ0n) is 12.5. The summed E-state index contributed by atoms with van der Waals surface area (Å²) < 4.78 is 5.28. The number of phenols is 1. The zero-order valence-corrected chi connectivity index (χ0v) is 12.5. The Hall–Kier alpha value is -2.15. The molecule has 1 aromatic carbocycles. The van der Waals surface area contributed by atoms with Gasteiger partial charge in [-0.25, -0.2) is 0 Å². The predicted octanol–water partition coefficient (Wildman–Crippen LogP) is 2.23. The zero-order chi connectivity index (χ0) is 16.2. The maximum absolute atomic E-state index is 12.1. The van der Waals surface area contributed by atoms with Crippen LogP contribution in [0.3, 0.4) is 0 Å². The van der Waals surface area contributed by atoms with Gasteiger partial charge in [0.1, 0.15) is 0 Å². The number of carbonyl (C=O) groups excluding carboxylic acids is 1. The van der Waals surface area contributed by atoms with E-state index in [0.29, 0.717) is 6.42 Å². The van der Waals surface area contributed by atoms with E-state index >= 15 is 0 Å². The lowest BCUT2D eigenvalue weighted by molar-refractivity contribution is -0.385. The number of nitro benzene ring substituents is 1. The Kier molecular flexibility index (Phi) is 5.26. The van der Waals surface area contributed by atoms with Gasteiger partial charge in [-0.2, -0.15) is 0 Å². The van der Waals surface area contributed by atoms with Gasteiger partial charge in [-0.1, -0.05) is 6.07 Å². The van der Waals surface area contributed by atoms with Crippen molar-refractivity contribution < 1.29 is 19.6 Å². The van der Waals surface area contributed by atoms with Crippen molar-refractivity contribution in [2.75, 3.05) is 7.11 Å². The van der Waals surface area contributed by atoms with Crippen LogP contribution in [0.4, 0.5) is 5.69 Å². The molecule has 0 spiro atoms. The minimum atomic E-state index is -0.733. The number of hydrogen-bond donors (Lipinski definition) is 2. The first-order valence-corrected chi connectivity index (χ1v) is 6.50. The largest absolute Gasteiger partial charge is 0.502 e. The van der Waals surface area contributed by atoms with Crippen molar-refractivity contribution in [3.63, 3.8) is 0 Å². The minimum absolute atomic E-state index is 0.119. The molecule has 0 aliphatic heterocycles. The average Bonchev–Trinajstić information content (AvgIpc) is 2.37. The van der Waals surface area contributed by atoms with E-state index in [2.05, 4.69) is 5.32 Å². The van der Waals surface area contributed by atoms with Crippen LogP contribution in [0.25, 0.3) is 0 Å². The van der Waals surface area contributed by atoms with Gasteiger partial charge in [0.25, 0.3) is 5.91 Å². The maximum atomic E-state index is 12.1. The Balaban J connectivity index is 2.86.